The van der Waals surface area contributed by atoms with Crippen molar-refractivity contribution < 1.29 is 4.74 Å². The van der Waals surface area contributed by atoms with Crippen LogP contribution in [0.25, 0.3) is 0 Å². The van der Waals surface area contributed by atoms with Crippen molar-refractivity contribution in [2.24, 2.45) is 5.41 Å². The van der Waals surface area contributed by atoms with Gasteiger partial charge in [-0.25, -0.2) is 0 Å². The predicted molar refractivity (Wildman–Crippen MR) is 83.4 cm³/mol. The second kappa shape index (κ2) is 5.77. The molecule has 0 amide bonds. The molecule has 1 heterocycles. The van der Waals surface area contributed by atoms with E-state index in [1.165, 1.54) is 43.2 Å². The maximum atomic E-state index is 5.58. The van der Waals surface area contributed by atoms with E-state index in [-0.39, 0.29) is 0 Å². The number of hydrogen-bond donors (Lipinski definition) is 1. The molecule has 0 spiro atoms. The highest BCUT2D eigenvalue weighted by atomic mass is 16.5. The smallest absolute Gasteiger partial charge is 0.122 e. The van der Waals surface area contributed by atoms with E-state index in [0.29, 0.717) is 11.5 Å². The Kier molecular flexibility index (Phi) is 4.02. The van der Waals surface area contributed by atoms with Gasteiger partial charge in [-0.1, -0.05) is 26.0 Å². The summed E-state index contributed by atoms with van der Waals surface area (Å²) in [7, 11) is 0. The molecule has 1 N–H and O–H groups in total. The molecule has 1 aromatic carbocycles. The van der Waals surface area contributed by atoms with Crippen LogP contribution in [0.15, 0.2) is 18.2 Å². The monoisotopic (exact) mass is 273 g/mol. The van der Waals surface area contributed by atoms with E-state index in [9.17, 15) is 0 Å². The van der Waals surface area contributed by atoms with Crippen molar-refractivity contribution in [1.82, 2.24) is 5.32 Å². The average Bonchev–Trinajstić information content (AvgIpc) is 3.03. The Balaban J connectivity index is 1.59. The summed E-state index contributed by atoms with van der Waals surface area (Å²) in [6.45, 7) is 6.70. The number of benzene rings is 1. The lowest BCUT2D eigenvalue weighted by Gasteiger charge is -2.25. The molecule has 2 nitrogen and oxygen atoms in total. The summed E-state index contributed by atoms with van der Waals surface area (Å²) in [5.74, 6) is 1.10. The van der Waals surface area contributed by atoms with Crippen molar-refractivity contribution in [3.63, 3.8) is 0 Å². The molecule has 2 aliphatic rings. The minimum atomic E-state index is 0.564. The van der Waals surface area contributed by atoms with Crippen molar-refractivity contribution in [3.8, 4) is 5.75 Å². The van der Waals surface area contributed by atoms with E-state index in [1.807, 2.05) is 0 Å². The van der Waals surface area contributed by atoms with Gasteiger partial charge in [0.1, 0.15) is 5.75 Å². The molecule has 20 heavy (non-hydrogen) atoms. The molecular formula is C18H27NO. The van der Waals surface area contributed by atoms with Crippen LogP contribution in [-0.2, 0) is 12.8 Å². The van der Waals surface area contributed by atoms with Gasteiger partial charge in [0.15, 0.2) is 0 Å². The zero-order chi connectivity index (χ0) is 14.0. The molecule has 0 aromatic heterocycles. The summed E-state index contributed by atoms with van der Waals surface area (Å²) in [5, 5.41) is 3.77. The number of hydrogen-bond acceptors (Lipinski definition) is 2. The second-order valence-corrected chi connectivity index (χ2v) is 6.74. The molecule has 1 fully saturated rings. The number of rotatable bonds is 7. The fourth-order valence-electron chi connectivity index (χ4n) is 3.27. The highest BCUT2D eigenvalue weighted by Gasteiger charge is 2.43. The van der Waals surface area contributed by atoms with Crippen LogP contribution in [0, 0.1) is 5.41 Å². The first kappa shape index (κ1) is 13.9. The van der Waals surface area contributed by atoms with Gasteiger partial charge in [0.05, 0.1) is 6.61 Å². The standard InChI is InChI=1S/C18H27NO/c1-3-11-19-17(18(2)9-10-18)7-5-14-4-6-16-15(13-14)8-12-20-16/h4,6,13,17,19H,3,5,7-12H2,1-2H3. The summed E-state index contributed by atoms with van der Waals surface area (Å²) < 4.78 is 5.58. The Morgan fingerprint density at radius 1 is 1.35 bits per heavy atom. The first-order valence-corrected chi connectivity index (χ1v) is 8.19. The van der Waals surface area contributed by atoms with Crippen molar-refractivity contribution in [1.29, 1.82) is 0 Å². The van der Waals surface area contributed by atoms with Gasteiger partial charge in [0.2, 0.25) is 0 Å². The third-order valence-corrected chi connectivity index (χ3v) is 5.00. The van der Waals surface area contributed by atoms with Crippen LogP contribution >= 0.6 is 0 Å². The molecule has 3 rings (SSSR count). The maximum Gasteiger partial charge on any atom is 0.122 e. The van der Waals surface area contributed by atoms with Gasteiger partial charge in [-0.15, -0.1) is 0 Å². The van der Waals surface area contributed by atoms with Gasteiger partial charge in [-0.2, -0.15) is 0 Å². The molecule has 2 heteroatoms. The molecule has 0 saturated heterocycles. The second-order valence-electron chi connectivity index (χ2n) is 6.74. The van der Waals surface area contributed by atoms with Crippen LogP contribution < -0.4 is 10.1 Å². The lowest BCUT2D eigenvalue weighted by atomic mass is 9.92. The molecule has 0 bridgehead atoms. The third-order valence-electron chi connectivity index (χ3n) is 5.00. The van der Waals surface area contributed by atoms with Gasteiger partial charge >= 0.3 is 0 Å². The molecule has 1 aliphatic heterocycles. The Hall–Kier alpha value is -1.02. The van der Waals surface area contributed by atoms with E-state index in [4.69, 9.17) is 4.74 Å². The van der Waals surface area contributed by atoms with Gasteiger partial charge < -0.3 is 10.1 Å². The number of nitrogens with one attached hydrogen (secondary N) is 1. The molecule has 0 radical (unpaired) electrons. The minimum Gasteiger partial charge on any atom is -0.493 e. The SMILES string of the molecule is CCCNC(CCc1ccc2c(c1)CCO2)C1(C)CC1. The summed E-state index contributed by atoms with van der Waals surface area (Å²) >= 11 is 0. The Morgan fingerprint density at radius 3 is 2.95 bits per heavy atom. The van der Waals surface area contributed by atoms with Gasteiger partial charge in [-0.05, 0) is 61.3 Å². The topological polar surface area (TPSA) is 21.3 Å². The van der Waals surface area contributed by atoms with Gasteiger partial charge in [0.25, 0.3) is 0 Å². The predicted octanol–water partition coefficient (Wildman–Crippen LogP) is 3.72. The highest BCUT2D eigenvalue weighted by Crippen LogP contribution is 2.49. The average molecular weight is 273 g/mol. The molecular weight excluding hydrogens is 246 g/mol. The van der Waals surface area contributed by atoms with E-state index in [0.717, 1.165) is 25.3 Å². The van der Waals surface area contributed by atoms with E-state index in [2.05, 4.69) is 37.4 Å². The minimum absolute atomic E-state index is 0.564. The highest BCUT2D eigenvalue weighted by molar-refractivity contribution is 5.39. The molecule has 1 atom stereocenters. The zero-order valence-corrected chi connectivity index (χ0v) is 12.9. The lowest BCUT2D eigenvalue weighted by Crippen LogP contribution is -2.37. The van der Waals surface area contributed by atoms with Crippen LogP contribution in [0.1, 0.15) is 50.7 Å². The molecule has 1 unspecified atom stereocenters. The molecule has 1 aliphatic carbocycles. The summed E-state index contributed by atoms with van der Waals surface area (Å²) in [6, 6.07) is 7.45. The molecule has 1 saturated carbocycles. The van der Waals surface area contributed by atoms with Crippen molar-refractivity contribution in [2.75, 3.05) is 13.2 Å². The maximum absolute atomic E-state index is 5.58. The quantitative estimate of drug-likeness (QED) is 0.817. The lowest BCUT2D eigenvalue weighted by molar-refractivity contribution is 0.337. The van der Waals surface area contributed by atoms with Crippen LogP contribution in [-0.4, -0.2) is 19.2 Å². The fourth-order valence-corrected chi connectivity index (χ4v) is 3.27. The van der Waals surface area contributed by atoms with E-state index in [1.54, 1.807) is 0 Å². The summed E-state index contributed by atoms with van der Waals surface area (Å²) in [6.07, 6.45) is 7.54. The van der Waals surface area contributed by atoms with Crippen molar-refractivity contribution in [2.45, 2.75) is 58.4 Å². The Bertz CT molecular complexity index is 464. The van der Waals surface area contributed by atoms with E-state index >= 15 is 0 Å². The van der Waals surface area contributed by atoms with Crippen molar-refractivity contribution >= 4 is 0 Å². The first-order chi connectivity index (χ1) is 9.71. The number of aryl methyl sites for hydroxylation is 1. The molecule has 1 aromatic rings. The van der Waals surface area contributed by atoms with Gasteiger partial charge in [0, 0.05) is 12.5 Å². The first-order valence-electron chi connectivity index (χ1n) is 8.19. The van der Waals surface area contributed by atoms with Crippen molar-refractivity contribution in [3.05, 3.63) is 29.3 Å². The zero-order valence-electron chi connectivity index (χ0n) is 12.9. The Morgan fingerprint density at radius 2 is 2.20 bits per heavy atom. The number of fused-ring (bicyclic) bond motifs is 1. The van der Waals surface area contributed by atoms with Crippen LogP contribution in [0.5, 0.6) is 5.75 Å². The summed E-state index contributed by atoms with van der Waals surface area (Å²) in [5.41, 5.74) is 3.44. The third kappa shape index (κ3) is 3.01. The summed E-state index contributed by atoms with van der Waals surface area (Å²) in [4.78, 5) is 0. The number of ether oxygens (including phenoxy) is 1. The largest absolute Gasteiger partial charge is 0.493 e. The Labute approximate surface area is 122 Å². The fraction of sp³-hybridized carbons (Fsp3) is 0.667. The normalized spacial score (nSPS) is 20.3. The van der Waals surface area contributed by atoms with Crippen LogP contribution in [0.2, 0.25) is 0 Å². The molecule has 110 valence electrons. The van der Waals surface area contributed by atoms with E-state index < -0.39 is 0 Å². The van der Waals surface area contributed by atoms with Gasteiger partial charge in [-0.3, -0.25) is 0 Å². The van der Waals surface area contributed by atoms with Crippen LogP contribution in [0.3, 0.4) is 0 Å². The van der Waals surface area contributed by atoms with Crippen LogP contribution in [0.4, 0.5) is 0 Å².